The number of aliphatic hydroxyl groups excluding tert-OH is 1. The molecule has 108 valence electrons. The fourth-order valence-electron chi connectivity index (χ4n) is 2.15. The summed E-state index contributed by atoms with van der Waals surface area (Å²) in [6, 6.07) is 6.99. The number of carbonyl (C=O) groups is 1. The van der Waals surface area contributed by atoms with Crippen LogP contribution in [0.1, 0.15) is 13.3 Å². The van der Waals surface area contributed by atoms with E-state index < -0.39 is 5.76 Å². The third kappa shape index (κ3) is 2.91. The lowest BCUT2D eigenvalue weighted by atomic mass is 10.3. The van der Waals surface area contributed by atoms with Gasteiger partial charge in [-0.05, 0) is 18.6 Å². The molecule has 6 nitrogen and oxygen atoms in total. The van der Waals surface area contributed by atoms with Crippen LogP contribution in [-0.4, -0.2) is 40.2 Å². The number of fused-ring (bicyclic) bond motifs is 1. The Morgan fingerprint density at radius 3 is 2.80 bits per heavy atom. The first-order chi connectivity index (χ1) is 9.67. The smallest absolute Gasteiger partial charge is 0.408 e. The summed E-state index contributed by atoms with van der Waals surface area (Å²) < 4.78 is 6.40. The van der Waals surface area contributed by atoms with Crippen molar-refractivity contribution in [2.45, 2.75) is 19.9 Å². The number of nitrogens with zero attached hydrogens (tertiary/aromatic N) is 2. The van der Waals surface area contributed by atoms with Gasteiger partial charge in [-0.25, -0.2) is 4.79 Å². The normalized spacial score (nSPS) is 10.9. The SMILES string of the molecule is CCCN(CCO)C(=O)Cn1c(=O)oc2ccccc21. The number of oxazole rings is 1. The number of aromatic nitrogens is 1. The largest absolute Gasteiger partial charge is 0.420 e. The molecule has 0 radical (unpaired) electrons. The average Bonchev–Trinajstić information content (AvgIpc) is 2.75. The summed E-state index contributed by atoms with van der Waals surface area (Å²) >= 11 is 0. The van der Waals surface area contributed by atoms with E-state index in [0.29, 0.717) is 17.6 Å². The van der Waals surface area contributed by atoms with Crippen LogP contribution in [0.25, 0.3) is 11.1 Å². The van der Waals surface area contributed by atoms with Gasteiger partial charge >= 0.3 is 5.76 Å². The number of carbonyl (C=O) groups excluding carboxylic acids is 1. The molecule has 1 N–H and O–H groups in total. The molecule has 0 bridgehead atoms. The molecule has 0 aliphatic rings. The van der Waals surface area contributed by atoms with Crippen LogP contribution in [0.4, 0.5) is 0 Å². The lowest BCUT2D eigenvalue weighted by Crippen LogP contribution is -2.38. The number of hydrogen-bond donors (Lipinski definition) is 1. The van der Waals surface area contributed by atoms with Crippen molar-refractivity contribution in [3.63, 3.8) is 0 Å². The highest BCUT2D eigenvalue weighted by atomic mass is 16.4. The first kappa shape index (κ1) is 14.3. The molecule has 1 aromatic carbocycles. The van der Waals surface area contributed by atoms with E-state index in [1.54, 1.807) is 29.2 Å². The Kier molecular flexibility index (Phi) is 4.57. The van der Waals surface area contributed by atoms with E-state index in [0.717, 1.165) is 6.42 Å². The van der Waals surface area contributed by atoms with Crippen molar-refractivity contribution in [1.29, 1.82) is 0 Å². The van der Waals surface area contributed by atoms with Gasteiger partial charge < -0.3 is 14.4 Å². The van der Waals surface area contributed by atoms with Crippen molar-refractivity contribution in [3.8, 4) is 0 Å². The molecule has 1 heterocycles. The molecular weight excluding hydrogens is 260 g/mol. The standard InChI is InChI=1S/C14H18N2O4/c1-2-7-15(8-9-17)13(18)10-16-11-5-3-4-6-12(11)20-14(16)19/h3-6,17H,2,7-10H2,1H3. The summed E-state index contributed by atoms with van der Waals surface area (Å²) in [5.74, 6) is -0.741. The average molecular weight is 278 g/mol. The van der Waals surface area contributed by atoms with Crippen molar-refractivity contribution in [2.24, 2.45) is 0 Å². The van der Waals surface area contributed by atoms with Crippen LogP contribution in [0.5, 0.6) is 0 Å². The van der Waals surface area contributed by atoms with Gasteiger partial charge in [-0.3, -0.25) is 9.36 Å². The van der Waals surface area contributed by atoms with Crippen LogP contribution >= 0.6 is 0 Å². The Balaban J connectivity index is 2.24. The topological polar surface area (TPSA) is 75.7 Å². The van der Waals surface area contributed by atoms with Crippen LogP contribution in [-0.2, 0) is 11.3 Å². The lowest BCUT2D eigenvalue weighted by Gasteiger charge is -2.20. The maximum Gasteiger partial charge on any atom is 0.420 e. The maximum absolute atomic E-state index is 12.2. The summed E-state index contributed by atoms with van der Waals surface area (Å²) in [6.07, 6.45) is 0.798. The highest BCUT2D eigenvalue weighted by molar-refractivity contribution is 5.79. The lowest BCUT2D eigenvalue weighted by molar-refractivity contribution is -0.132. The molecule has 1 aromatic heterocycles. The predicted octanol–water partition coefficient (Wildman–Crippen LogP) is 0.825. The quantitative estimate of drug-likeness (QED) is 0.849. The van der Waals surface area contributed by atoms with Crippen LogP contribution in [0.2, 0.25) is 0 Å². The molecule has 1 amide bonds. The van der Waals surface area contributed by atoms with Crippen molar-refractivity contribution >= 4 is 17.0 Å². The molecule has 0 atom stereocenters. The maximum atomic E-state index is 12.2. The van der Waals surface area contributed by atoms with E-state index in [2.05, 4.69) is 0 Å². The number of amides is 1. The fourth-order valence-corrected chi connectivity index (χ4v) is 2.15. The summed E-state index contributed by atoms with van der Waals surface area (Å²) in [6.45, 7) is 2.63. The number of para-hydroxylation sites is 2. The Labute approximate surface area is 116 Å². The minimum absolute atomic E-state index is 0.0736. The van der Waals surface area contributed by atoms with Gasteiger partial charge in [-0.1, -0.05) is 19.1 Å². The summed E-state index contributed by atoms with van der Waals surface area (Å²) in [4.78, 5) is 25.5. The summed E-state index contributed by atoms with van der Waals surface area (Å²) in [5, 5.41) is 8.98. The van der Waals surface area contributed by atoms with Crippen molar-refractivity contribution in [3.05, 3.63) is 34.8 Å². The van der Waals surface area contributed by atoms with Crippen molar-refractivity contribution < 1.29 is 14.3 Å². The molecule has 20 heavy (non-hydrogen) atoms. The van der Waals surface area contributed by atoms with E-state index in [-0.39, 0.29) is 25.6 Å². The van der Waals surface area contributed by atoms with Gasteiger partial charge in [0.05, 0.1) is 12.1 Å². The van der Waals surface area contributed by atoms with Crippen LogP contribution in [0.15, 0.2) is 33.5 Å². The van der Waals surface area contributed by atoms with Gasteiger partial charge in [0, 0.05) is 13.1 Å². The molecule has 0 spiro atoms. The first-order valence-corrected chi connectivity index (χ1v) is 6.64. The van der Waals surface area contributed by atoms with E-state index in [1.165, 1.54) is 4.57 Å². The van der Waals surface area contributed by atoms with Crippen LogP contribution in [0.3, 0.4) is 0 Å². The van der Waals surface area contributed by atoms with Crippen LogP contribution < -0.4 is 5.76 Å². The second-order valence-electron chi connectivity index (χ2n) is 4.53. The van der Waals surface area contributed by atoms with Gasteiger partial charge in [0.2, 0.25) is 5.91 Å². The summed E-state index contributed by atoms with van der Waals surface area (Å²) in [7, 11) is 0. The number of aliphatic hydroxyl groups is 1. The zero-order chi connectivity index (χ0) is 14.5. The Morgan fingerprint density at radius 1 is 1.35 bits per heavy atom. The van der Waals surface area contributed by atoms with E-state index >= 15 is 0 Å². The first-order valence-electron chi connectivity index (χ1n) is 6.64. The monoisotopic (exact) mass is 278 g/mol. The predicted molar refractivity (Wildman–Crippen MR) is 74.4 cm³/mol. The molecule has 0 fully saturated rings. The molecule has 0 saturated heterocycles. The minimum Gasteiger partial charge on any atom is -0.408 e. The van der Waals surface area contributed by atoms with E-state index in [9.17, 15) is 9.59 Å². The van der Waals surface area contributed by atoms with Crippen molar-refractivity contribution in [1.82, 2.24) is 9.47 Å². The minimum atomic E-state index is -0.542. The zero-order valence-electron chi connectivity index (χ0n) is 11.4. The Hall–Kier alpha value is -2.08. The van der Waals surface area contributed by atoms with Gasteiger partial charge in [0.1, 0.15) is 6.54 Å². The fraction of sp³-hybridized carbons (Fsp3) is 0.429. The van der Waals surface area contributed by atoms with Crippen molar-refractivity contribution in [2.75, 3.05) is 19.7 Å². The number of hydrogen-bond acceptors (Lipinski definition) is 4. The molecule has 0 aliphatic heterocycles. The Morgan fingerprint density at radius 2 is 2.10 bits per heavy atom. The van der Waals surface area contributed by atoms with Gasteiger partial charge in [0.25, 0.3) is 0 Å². The molecule has 6 heteroatoms. The second-order valence-corrected chi connectivity index (χ2v) is 4.53. The molecule has 0 unspecified atom stereocenters. The molecule has 0 saturated carbocycles. The third-order valence-corrected chi connectivity index (χ3v) is 3.08. The van der Waals surface area contributed by atoms with Gasteiger partial charge in [-0.2, -0.15) is 0 Å². The highest BCUT2D eigenvalue weighted by Crippen LogP contribution is 2.11. The van der Waals surface area contributed by atoms with Gasteiger partial charge in [-0.15, -0.1) is 0 Å². The van der Waals surface area contributed by atoms with E-state index in [1.807, 2.05) is 6.92 Å². The summed E-state index contributed by atoms with van der Waals surface area (Å²) in [5.41, 5.74) is 1.07. The zero-order valence-corrected chi connectivity index (χ0v) is 11.4. The van der Waals surface area contributed by atoms with Gasteiger partial charge in [0.15, 0.2) is 5.58 Å². The molecule has 0 aliphatic carbocycles. The van der Waals surface area contributed by atoms with E-state index in [4.69, 9.17) is 9.52 Å². The number of benzene rings is 1. The molecule has 2 aromatic rings. The molecular formula is C14H18N2O4. The second kappa shape index (κ2) is 6.38. The highest BCUT2D eigenvalue weighted by Gasteiger charge is 2.16. The Bertz CT molecular complexity index is 638. The molecule has 2 rings (SSSR count). The number of rotatable bonds is 6. The van der Waals surface area contributed by atoms with Crippen LogP contribution in [0, 0.1) is 0 Å². The third-order valence-electron chi connectivity index (χ3n) is 3.08.